The van der Waals surface area contributed by atoms with Gasteiger partial charge in [-0.25, -0.2) is 13.4 Å². The Labute approximate surface area is 120 Å². The molecule has 0 atom stereocenters. The molecule has 0 aliphatic heterocycles. The van der Waals surface area contributed by atoms with Gasteiger partial charge in [0.05, 0.1) is 5.69 Å². The largest absolute Gasteiger partial charge is 0.312 e. The van der Waals surface area contributed by atoms with Crippen molar-refractivity contribution in [2.75, 3.05) is 12.3 Å². The van der Waals surface area contributed by atoms with Crippen molar-refractivity contribution >= 4 is 21.2 Å². The molecule has 1 heterocycles. The van der Waals surface area contributed by atoms with Crippen molar-refractivity contribution in [1.82, 2.24) is 10.3 Å². The van der Waals surface area contributed by atoms with E-state index in [-0.39, 0.29) is 11.5 Å². The summed E-state index contributed by atoms with van der Waals surface area (Å²) in [6, 6.07) is 0. The summed E-state index contributed by atoms with van der Waals surface area (Å²) in [5.74, 6) is 0.258. The number of aryl methyl sites for hydroxylation is 1. The maximum absolute atomic E-state index is 11.6. The molecule has 0 fully saturated rings. The van der Waals surface area contributed by atoms with Gasteiger partial charge in [-0.3, -0.25) is 0 Å². The van der Waals surface area contributed by atoms with Gasteiger partial charge in [0.25, 0.3) is 0 Å². The van der Waals surface area contributed by atoms with Crippen LogP contribution in [0.2, 0.25) is 0 Å². The zero-order chi connectivity index (χ0) is 14.3. The highest BCUT2D eigenvalue weighted by Gasteiger charge is 2.15. The van der Waals surface area contributed by atoms with E-state index in [1.54, 1.807) is 6.92 Å². The van der Waals surface area contributed by atoms with Gasteiger partial charge in [-0.2, -0.15) is 0 Å². The monoisotopic (exact) mass is 304 g/mol. The molecule has 4 nitrogen and oxygen atoms in total. The van der Waals surface area contributed by atoms with Crippen LogP contribution < -0.4 is 5.32 Å². The summed E-state index contributed by atoms with van der Waals surface area (Å²) in [7, 11) is -2.99. The maximum Gasteiger partial charge on any atom is 0.156 e. The number of rotatable bonds is 9. The van der Waals surface area contributed by atoms with Crippen LogP contribution in [0.15, 0.2) is 0 Å². The van der Waals surface area contributed by atoms with Gasteiger partial charge < -0.3 is 5.32 Å². The number of hydrogen-bond donors (Lipinski definition) is 1. The second kappa shape index (κ2) is 7.97. The van der Waals surface area contributed by atoms with Crippen LogP contribution in [0.5, 0.6) is 0 Å². The zero-order valence-corrected chi connectivity index (χ0v) is 13.7. The molecular formula is C13H24N2O2S2. The molecule has 6 heteroatoms. The molecule has 1 aromatic rings. The Morgan fingerprint density at radius 3 is 2.58 bits per heavy atom. The fourth-order valence-corrected chi connectivity index (χ4v) is 4.05. The summed E-state index contributed by atoms with van der Waals surface area (Å²) >= 11 is 1.53. The Balaban J connectivity index is 2.69. The number of aromatic nitrogens is 1. The van der Waals surface area contributed by atoms with Crippen LogP contribution in [0, 0.1) is 0 Å². The summed E-state index contributed by atoms with van der Waals surface area (Å²) in [6.45, 7) is 7.70. The average molecular weight is 304 g/mol. The summed E-state index contributed by atoms with van der Waals surface area (Å²) < 4.78 is 23.3. The third kappa shape index (κ3) is 5.58. The van der Waals surface area contributed by atoms with Crippen molar-refractivity contribution in [2.45, 2.75) is 52.3 Å². The first kappa shape index (κ1) is 16.6. The van der Waals surface area contributed by atoms with E-state index in [9.17, 15) is 8.42 Å². The molecule has 19 heavy (non-hydrogen) atoms. The van der Waals surface area contributed by atoms with Crippen LogP contribution in [-0.4, -0.2) is 25.7 Å². The van der Waals surface area contributed by atoms with E-state index in [1.165, 1.54) is 22.6 Å². The van der Waals surface area contributed by atoms with Gasteiger partial charge in [-0.1, -0.05) is 27.2 Å². The Morgan fingerprint density at radius 2 is 2.00 bits per heavy atom. The number of thiazole rings is 1. The number of unbranched alkanes of at least 4 members (excludes halogenated alkanes) is 1. The van der Waals surface area contributed by atoms with E-state index in [2.05, 4.69) is 24.1 Å². The van der Waals surface area contributed by atoms with Gasteiger partial charge >= 0.3 is 0 Å². The second-order valence-corrected chi connectivity index (χ2v) is 8.06. The first-order chi connectivity index (χ1) is 9.02. The van der Waals surface area contributed by atoms with Crippen molar-refractivity contribution in [2.24, 2.45) is 0 Å². The first-order valence-electron chi connectivity index (χ1n) is 6.91. The van der Waals surface area contributed by atoms with Crippen LogP contribution in [0.4, 0.5) is 0 Å². The maximum atomic E-state index is 11.6. The van der Waals surface area contributed by atoms with Crippen LogP contribution in [0.25, 0.3) is 0 Å². The second-order valence-electron chi connectivity index (χ2n) is 4.54. The molecule has 0 bridgehead atoms. The molecule has 1 aromatic heterocycles. The van der Waals surface area contributed by atoms with Crippen molar-refractivity contribution < 1.29 is 8.42 Å². The summed E-state index contributed by atoms with van der Waals surface area (Å²) in [5.41, 5.74) is 1.04. The Hall–Kier alpha value is -0.460. The molecule has 0 aliphatic rings. The molecule has 0 saturated heterocycles. The lowest BCUT2D eigenvalue weighted by Gasteiger charge is -2.02. The SMILES string of the molecule is CCCCNCc1sc(CS(=O)(=O)CC)nc1CC. The number of sulfone groups is 1. The lowest BCUT2D eigenvalue weighted by atomic mass is 10.3. The molecule has 1 rings (SSSR count). The average Bonchev–Trinajstić information content (AvgIpc) is 2.76. The molecular weight excluding hydrogens is 280 g/mol. The lowest BCUT2D eigenvalue weighted by molar-refractivity contribution is 0.596. The summed E-state index contributed by atoms with van der Waals surface area (Å²) in [4.78, 5) is 5.64. The van der Waals surface area contributed by atoms with Crippen molar-refractivity contribution in [1.29, 1.82) is 0 Å². The third-order valence-electron chi connectivity index (χ3n) is 2.93. The fraction of sp³-hybridized carbons (Fsp3) is 0.769. The Morgan fingerprint density at radius 1 is 1.26 bits per heavy atom. The minimum atomic E-state index is -2.99. The molecule has 0 saturated carbocycles. The van der Waals surface area contributed by atoms with Crippen LogP contribution in [0.1, 0.15) is 49.2 Å². The van der Waals surface area contributed by atoms with Crippen molar-refractivity contribution in [3.63, 3.8) is 0 Å². The normalized spacial score (nSPS) is 11.9. The van der Waals surface area contributed by atoms with Crippen molar-refractivity contribution in [3.8, 4) is 0 Å². The molecule has 0 radical (unpaired) electrons. The summed E-state index contributed by atoms with van der Waals surface area (Å²) in [5, 5.41) is 4.12. The van der Waals surface area contributed by atoms with Gasteiger partial charge in [0, 0.05) is 17.2 Å². The van der Waals surface area contributed by atoms with Crippen LogP contribution >= 0.6 is 11.3 Å². The standard InChI is InChI=1S/C13H24N2O2S2/c1-4-7-8-14-9-12-11(5-2)15-13(18-12)10-19(16,17)6-3/h14H,4-10H2,1-3H3. The lowest BCUT2D eigenvalue weighted by Crippen LogP contribution is -2.14. The van der Waals surface area contributed by atoms with Gasteiger partial charge in [0.15, 0.2) is 9.84 Å². The van der Waals surface area contributed by atoms with Crippen LogP contribution in [-0.2, 0) is 28.6 Å². The predicted molar refractivity (Wildman–Crippen MR) is 81.3 cm³/mol. The van der Waals surface area contributed by atoms with E-state index >= 15 is 0 Å². The number of hydrogen-bond acceptors (Lipinski definition) is 5. The van der Waals surface area contributed by atoms with Crippen LogP contribution in [0.3, 0.4) is 0 Å². The Kier molecular flexibility index (Phi) is 6.96. The van der Waals surface area contributed by atoms with E-state index in [1.807, 2.05) is 0 Å². The third-order valence-corrected chi connectivity index (χ3v) is 5.81. The van der Waals surface area contributed by atoms with Gasteiger partial charge in [0.1, 0.15) is 10.8 Å². The number of nitrogens with zero attached hydrogens (tertiary/aromatic N) is 1. The highest BCUT2D eigenvalue weighted by molar-refractivity contribution is 7.90. The van der Waals surface area contributed by atoms with Gasteiger partial charge in [0.2, 0.25) is 0 Å². The number of nitrogens with one attached hydrogen (secondary N) is 1. The topological polar surface area (TPSA) is 59.1 Å². The highest BCUT2D eigenvalue weighted by atomic mass is 32.2. The molecule has 110 valence electrons. The molecule has 0 amide bonds. The van der Waals surface area contributed by atoms with Gasteiger partial charge in [-0.15, -0.1) is 11.3 Å². The molecule has 0 aromatic carbocycles. The molecule has 0 unspecified atom stereocenters. The van der Waals surface area contributed by atoms with Crippen molar-refractivity contribution in [3.05, 3.63) is 15.6 Å². The van der Waals surface area contributed by atoms with Gasteiger partial charge in [-0.05, 0) is 19.4 Å². The predicted octanol–water partition coefficient (Wildman–Crippen LogP) is 2.53. The Bertz CT molecular complexity index is 481. The van der Waals surface area contributed by atoms with E-state index in [0.29, 0.717) is 0 Å². The minimum absolute atomic E-state index is 0.0795. The summed E-state index contributed by atoms with van der Waals surface area (Å²) in [6.07, 6.45) is 3.20. The molecule has 0 spiro atoms. The van der Waals surface area contributed by atoms with E-state index in [4.69, 9.17) is 0 Å². The first-order valence-corrected chi connectivity index (χ1v) is 9.54. The molecule has 0 aliphatic carbocycles. The minimum Gasteiger partial charge on any atom is -0.312 e. The quantitative estimate of drug-likeness (QED) is 0.712. The van der Waals surface area contributed by atoms with E-state index < -0.39 is 9.84 Å². The van der Waals surface area contributed by atoms with E-state index in [0.717, 1.165) is 36.6 Å². The zero-order valence-electron chi connectivity index (χ0n) is 12.0. The highest BCUT2D eigenvalue weighted by Crippen LogP contribution is 2.21. The fourth-order valence-electron chi connectivity index (χ4n) is 1.71. The smallest absolute Gasteiger partial charge is 0.156 e. The molecule has 1 N–H and O–H groups in total.